The Morgan fingerprint density at radius 1 is 1.21 bits per heavy atom. The van der Waals surface area contributed by atoms with Crippen LogP contribution in [-0.2, 0) is 19.4 Å². The maximum Gasteiger partial charge on any atom is 0.246 e. The van der Waals surface area contributed by atoms with Crippen LogP contribution >= 0.6 is 0 Å². The number of benzene rings is 1. The quantitative estimate of drug-likeness (QED) is 0.760. The van der Waals surface area contributed by atoms with Gasteiger partial charge in [0.05, 0.1) is 5.75 Å². The van der Waals surface area contributed by atoms with Crippen LogP contribution in [0.5, 0.6) is 11.5 Å². The van der Waals surface area contributed by atoms with Gasteiger partial charge < -0.3 is 20.1 Å². The average Bonchev–Trinajstić information content (AvgIpc) is 2.50. The summed E-state index contributed by atoms with van der Waals surface area (Å²) in [6.07, 6.45) is 1.07. The molecule has 0 fully saturated rings. The van der Waals surface area contributed by atoms with Crippen molar-refractivity contribution in [2.24, 2.45) is 0 Å². The second kappa shape index (κ2) is 7.52. The molecular formula is C15H20N2O6S. The number of rotatable bonds is 6. The van der Waals surface area contributed by atoms with E-state index in [2.05, 4.69) is 10.6 Å². The third-order valence-electron chi connectivity index (χ3n) is 3.28. The molecule has 0 saturated heterocycles. The van der Waals surface area contributed by atoms with E-state index in [0.29, 0.717) is 30.4 Å². The highest BCUT2D eigenvalue weighted by atomic mass is 32.2. The maximum atomic E-state index is 12.3. The summed E-state index contributed by atoms with van der Waals surface area (Å²) in [7, 11) is -3.24. The van der Waals surface area contributed by atoms with Gasteiger partial charge in [0.25, 0.3) is 0 Å². The minimum absolute atomic E-state index is 0.00516. The molecule has 1 aromatic rings. The number of ether oxygens (including phenoxy) is 2. The first-order valence-electron chi connectivity index (χ1n) is 7.40. The van der Waals surface area contributed by atoms with Gasteiger partial charge in [-0.3, -0.25) is 9.59 Å². The molecule has 8 nitrogen and oxygen atoms in total. The molecule has 0 unspecified atom stereocenters. The number of carbonyl (C=O) groups is 2. The van der Waals surface area contributed by atoms with E-state index in [4.69, 9.17) is 9.47 Å². The third-order valence-corrected chi connectivity index (χ3v) is 4.26. The largest absolute Gasteiger partial charge is 0.486 e. The highest BCUT2D eigenvalue weighted by molar-refractivity contribution is 7.90. The van der Waals surface area contributed by atoms with Gasteiger partial charge in [0.2, 0.25) is 11.8 Å². The van der Waals surface area contributed by atoms with E-state index in [1.807, 2.05) is 0 Å². The SMILES string of the molecule is CC(=O)N[C@@H](CCS(C)(=O)=O)C(=O)Nc1ccc2c(c1)OCCO2. The lowest BCUT2D eigenvalue weighted by Gasteiger charge is -2.20. The Balaban J connectivity index is 2.07. The highest BCUT2D eigenvalue weighted by Gasteiger charge is 2.22. The van der Waals surface area contributed by atoms with E-state index in [1.54, 1.807) is 18.2 Å². The van der Waals surface area contributed by atoms with Gasteiger partial charge in [-0.1, -0.05) is 0 Å². The van der Waals surface area contributed by atoms with Crippen molar-refractivity contribution in [3.05, 3.63) is 18.2 Å². The number of anilines is 1. The van der Waals surface area contributed by atoms with Crippen LogP contribution in [0.15, 0.2) is 18.2 Å². The summed E-state index contributed by atoms with van der Waals surface area (Å²) in [6, 6.07) is 4.00. The van der Waals surface area contributed by atoms with Crippen molar-refractivity contribution in [2.75, 3.05) is 30.5 Å². The van der Waals surface area contributed by atoms with Crippen LogP contribution in [0.1, 0.15) is 13.3 Å². The topological polar surface area (TPSA) is 111 Å². The summed E-state index contributed by atoms with van der Waals surface area (Å²) >= 11 is 0. The van der Waals surface area contributed by atoms with Crippen LogP contribution < -0.4 is 20.1 Å². The van der Waals surface area contributed by atoms with Crippen LogP contribution in [0.25, 0.3) is 0 Å². The lowest BCUT2D eigenvalue weighted by Crippen LogP contribution is -2.43. The van der Waals surface area contributed by atoms with Crippen molar-refractivity contribution >= 4 is 27.3 Å². The smallest absolute Gasteiger partial charge is 0.246 e. The molecule has 0 aliphatic carbocycles. The first kappa shape index (κ1) is 18.1. The lowest BCUT2D eigenvalue weighted by molar-refractivity contribution is -0.125. The number of carbonyl (C=O) groups excluding carboxylic acids is 2. The molecule has 0 spiro atoms. The van der Waals surface area contributed by atoms with Crippen molar-refractivity contribution in [3.63, 3.8) is 0 Å². The first-order chi connectivity index (χ1) is 11.2. The molecule has 0 bridgehead atoms. The molecule has 1 aliphatic heterocycles. The predicted octanol–water partition coefficient (Wildman–Crippen LogP) is 0.336. The molecular weight excluding hydrogens is 336 g/mol. The lowest BCUT2D eigenvalue weighted by atomic mass is 10.2. The Hall–Kier alpha value is -2.29. The van der Waals surface area contributed by atoms with Crippen LogP contribution in [0.4, 0.5) is 5.69 Å². The molecule has 0 radical (unpaired) electrons. The zero-order valence-corrected chi connectivity index (χ0v) is 14.3. The van der Waals surface area contributed by atoms with Crippen molar-refractivity contribution in [2.45, 2.75) is 19.4 Å². The average molecular weight is 356 g/mol. The summed E-state index contributed by atoms with van der Waals surface area (Å²) in [5.41, 5.74) is 0.471. The molecule has 9 heteroatoms. The zero-order chi connectivity index (χ0) is 17.7. The second-order valence-corrected chi connectivity index (χ2v) is 7.78. The van der Waals surface area contributed by atoms with Crippen LogP contribution in [-0.4, -0.2) is 51.5 Å². The Morgan fingerprint density at radius 2 is 1.88 bits per heavy atom. The van der Waals surface area contributed by atoms with Crippen molar-refractivity contribution in [1.82, 2.24) is 5.32 Å². The summed E-state index contributed by atoms with van der Waals surface area (Å²) in [5.74, 6) is 0.00400. The van der Waals surface area contributed by atoms with Crippen LogP contribution in [0.2, 0.25) is 0 Å². The molecule has 2 amide bonds. The van der Waals surface area contributed by atoms with Crippen molar-refractivity contribution < 1.29 is 27.5 Å². The van der Waals surface area contributed by atoms with Gasteiger partial charge >= 0.3 is 0 Å². The maximum absolute atomic E-state index is 12.3. The standard InChI is InChI=1S/C15H20N2O6S/c1-10(18)16-12(5-8-24(2,20)21)15(19)17-11-3-4-13-14(9-11)23-7-6-22-13/h3-4,9,12H,5-8H2,1-2H3,(H,16,18)(H,17,19)/t12-/m0/s1. The minimum atomic E-state index is -3.24. The van der Waals surface area contributed by atoms with Gasteiger partial charge in [-0.15, -0.1) is 0 Å². The van der Waals surface area contributed by atoms with Gasteiger partial charge in [0, 0.05) is 24.9 Å². The fraction of sp³-hybridized carbons (Fsp3) is 0.467. The van der Waals surface area contributed by atoms with E-state index in [0.717, 1.165) is 6.26 Å². The predicted molar refractivity (Wildman–Crippen MR) is 88.0 cm³/mol. The van der Waals surface area contributed by atoms with Gasteiger partial charge in [-0.05, 0) is 18.6 Å². The summed E-state index contributed by atoms with van der Waals surface area (Å²) in [4.78, 5) is 23.6. The Bertz CT molecular complexity index is 731. The first-order valence-corrected chi connectivity index (χ1v) is 9.46. The molecule has 1 aromatic carbocycles. The number of sulfone groups is 1. The van der Waals surface area contributed by atoms with E-state index in [9.17, 15) is 18.0 Å². The molecule has 2 N–H and O–H groups in total. The molecule has 132 valence electrons. The van der Waals surface area contributed by atoms with E-state index < -0.39 is 27.7 Å². The fourth-order valence-corrected chi connectivity index (χ4v) is 2.86. The molecule has 0 saturated carbocycles. The number of hydrogen-bond acceptors (Lipinski definition) is 6. The monoisotopic (exact) mass is 356 g/mol. The number of hydrogen-bond donors (Lipinski definition) is 2. The van der Waals surface area contributed by atoms with E-state index in [1.165, 1.54) is 6.92 Å². The van der Waals surface area contributed by atoms with E-state index >= 15 is 0 Å². The van der Waals surface area contributed by atoms with Gasteiger partial charge in [-0.25, -0.2) is 8.42 Å². The number of amides is 2. The van der Waals surface area contributed by atoms with Crippen molar-refractivity contribution in [1.29, 1.82) is 0 Å². The van der Waals surface area contributed by atoms with E-state index in [-0.39, 0.29) is 12.2 Å². The molecule has 2 rings (SSSR count). The summed E-state index contributed by atoms with van der Waals surface area (Å²) in [5, 5.41) is 5.11. The summed E-state index contributed by atoms with van der Waals surface area (Å²) in [6.45, 7) is 2.16. The molecule has 1 heterocycles. The minimum Gasteiger partial charge on any atom is -0.486 e. The molecule has 1 atom stereocenters. The fourth-order valence-electron chi connectivity index (χ4n) is 2.20. The Morgan fingerprint density at radius 3 is 2.50 bits per heavy atom. The highest BCUT2D eigenvalue weighted by Crippen LogP contribution is 2.32. The van der Waals surface area contributed by atoms with Gasteiger partial charge in [0.15, 0.2) is 11.5 Å². The zero-order valence-electron chi connectivity index (χ0n) is 13.5. The molecule has 24 heavy (non-hydrogen) atoms. The van der Waals surface area contributed by atoms with Gasteiger partial charge in [0.1, 0.15) is 29.1 Å². The second-order valence-electron chi connectivity index (χ2n) is 5.52. The number of nitrogens with one attached hydrogen (secondary N) is 2. The Kier molecular flexibility index (Phi) is 5.66. The van der Waals surface area contributed by atoms with Crippen LogP contribution in [0, 0.1) is 0 Å². The van der Waals surface area contributed by atoms with Gasteiger partial charge in [-0.2, -0.15) is 0 Å². The summed E-state index contributed by atoms with van der Waals surface area (Å²) < 4.78 is 33.4. The molecule has 0 aromatic heterocycles. The molecule has 1 aliphatic rings. The third kappa shape index (κ3) is 5.41. The van der Waals surface area contributed by atoms with Crippen LogP contribution in [0.3, 0.4) is 0 Å². The number of fused-ring (bicyclic) bond motifs is 1. The normalized spacial score (nSPS) is 14.6. The van der Waals surface area contributed by atoms with Crippen molar-refractivity contribution in [3.8, 4) is 11.5 Å². The Labute approximate surface area is 140 Å².